The van der Waals surface area contributed by atoms with Gasteiger partial charge in [-0.15, -0.1) is 0 Å². The summed E-state index contributed by atoms with van der Waals surface area (Å²) in [6, 6.07) is 0. The largest absolute Gasteiger partial charge is 0.420 e. The van der Waals surface area contributed by atoms with Gasteiger partial charge in [0.25, 0.3) is 6.43 Å². The monoisotopic (exact) mass is 293 g/mol. The summed E-state index contributed by atoms with van der Waals surface area (Å²) in [6.45, 7) is 0. The van der Waals surface area contributed by atoms with Gasteiger partial charge in [0.1, 0.15) is 11.3 Å². The molecule has 0 spiro atoms. The van der Waals surface area contributed by atoms with Crippen LogP contribution in [-0.4, -0.2) is 4.98 Å². The Balaban J connectivity index is 3.44. The van der Waals surface area contributed by atoms with Gasteiger partial charge in [-0.25, -0.2) is 13.2 Å². The fraction of sp³-hybridized carbons (Fsp3) is 0.286. The van der Waals surface area contributed by atoms with E-state index in [2.05, 4.69) is 20.9 Å². The molecule has 1 heterocycles. The van der Waals surface area contributed by atoms with Gasteiger partial charge in [-0.3, -0.25) is 4.98 Å². The lowest BCUT2D eigenvalue weighted by Crippen LogP contribution is -2.12. The van der Waals surface area contributed by atoms with Gasteiger partial charge in [0.2, 0.25) is 0 Å². The van der Waals surface area contributed by atoms with E-state index < -0.39 is 34.1 Å². The van der Waals surface area contributed by atoms with E-state index in [0.29, 0.717) is 6.20 Å². The SMILES string of the molecule is Fc1c(C(F)F)ncc(Br)c1C(F)(F)F. The molecule has 0 aromatic carbocycles. The summed E-state index contributed by atoms with van der Waals surface area (Å²) in [6.07, 6.45) is -7.94. The van der Waals surface area contributed by atoms with Gasteiger partial charge in [-0.2, -0.15) is 13.2 Å². The molecule has 8 heteroatoms. The van der Waals surface area contributed by atoms with Crippen LogP contribution in [0.15, 0.2) is 10.7 Å². The third-order valence-electron chi connectivity index (χ3n) is 1.49. The first-order valence-electron chi connectivity index (χ1n) is 3.44. The highest BCUT2D eigenvalue weighted by molar-refractivity contribution is 9.10. The van der Waals surface area contributed by atoms with Crippen LogP contribution in [0, 0.1) is 5.82 Å². The van der Waals surface area contributed by atoms with Crippen LogP contribution in [0.1, 0.15) is 17.7 Å². The average molecular weight is 294 g/mol. The highest BCUT2D eigenvalue weighted by Gasteiger charge is 2.39. The van der Waals surface area contributed by atoms with E-state index in [1.807, 2.05) is 0 Å². The Hall–Kier alpha value is -0.790. The third kappa shape index (κ3) is 2.42. The molecule has 0 fully saturated rings. The van der Waals surface area contributed by atoms with Crippen LogP contribution in [0.25, 0.3) is 0 Å². The van der Waals surface area contributed by atoms with Crippen molar-refractivity contribution < 1.29 is 26.3 Å². The topological polar surface area (TPSA) is 12.9 Å². The smallest absolute Gasteiger partial charge is 0.251 e. The summed E-state index contributed by atoms with van der Waals surface area (Å²) in [5, 5.41) is 0. The Bertz CT molecular complexity index is 374. The Kier molecular flexibility index (Phi) is 3.27. The van der Waals surface area contributed by atoms with Gasteiger partial charge in [-0.05, 0) is 15.9 Å². The predicted octanol–water partition coefficient (Wildman–Crippen LogP) is 3.94. The molecule has 0 bridgehead atoms. The molecule has 0 radical (unpaired) electrons. The second-order valence-electron chi connectivity index (χ2n) is 2.48. The van der Waals surface area contributed by atoms with Gasteiger partial charge in [0.05, 0.1) is 4.47 Å². The maximum atomic E-state index is 13.0. The predicted molar refractivity (Wildman–Crippen MR) is 41.9 cm³/mol. The molecular formula is C7H2BrF6N. The maximum Gasteiger partial charge on any atom is 0.420 e. The number of nitrogens with zero attached hydrogens (tertiary/aromatic N) is 1. The first-order chi connectivity index (χ1) is 6.75. The van der Waals surface area contributed by atoms with E-state index in [1.54, 1.807) is 0 Å². The molecule has 0 N–H and O–H groups in total. The molecule has 0 amide bonds. The molecule has 1 rings (SSSR count). The molecule has 0 saturated carbocycles. The number of pyridine rings is 1. The number of aromatic nitrogens is 1. The van der Waals surface area contributed by atoms with Crippen LogP contribution in [0.2, 0.25) is 0 Å². The number of hydrogen-bond acceptors (Lipinski definition) is 1. The molecule has 0 aliphatic heterocycles. The van der Waals surface area contributed by atoms with Crippen molar-refractivity contribution in [2.45, 2.75) is 12.6 Å². The molecule has 0 unspecified atom stereocenters. The lowest BCUT2D eigenvalue weighted by Gasteiger charge is -2.11. The minimum absolute atomic E-state index is 0.493. The molecule has 0 aliphatic rings. The van der Waals surface area contributed by atoms with Crippen molar-refractivity contribution >= 4 is 15.9 Å². The third-order valence-corrected chi connectivity index (χ3v) is 2.09. The van der Waals surface area contributed by atoms with Gasteiger partial charge in [0, 0.05) is 6.20 Å². The Morgan fingerprint density at radius 1 is 1.27 bits per heavy atom. The molecule has 1 aromatic rings. The van der Waals surface area contributed by atoms with Crippen LogP contribution in [0.3, 0.4) is 0 Å². The van der Waals surface area contributed by atoms with Gasteiger partial charge in [-0.1, -0.05) is 0 Å². The van der Waals surface area contributed by atoms with Crippen LogP contribution in [-0.2, 0) is 6.18 Å². The van der Waals surface area contributed by atoms with Crippen molar-refractivity contribution in [3.05, 3.63) is 27.7 Å². The van der Waals surface area contributed by atoms with Crippen molar-refractivity contribution in [3.8, 4) is 0 Å². The number of rotatable bonds is 1. The number of hydrogen-bond donors (Lipinski definition) is 0. The average Bonchev–Trinajstić information content (AvgIpc) is 2.00. The highest BCUT2D eigenvalue weighted by atomic mass is 79.9. The zero-order valence-corrected chi connectivity index (χ0v) is 8.33. The van der Waals surface area contributed by atoms with Crippen LogP contribution < -0.4 is 0 Å². The molecule has 84 valence electrons. The molecule has 0 atom stereocenters. The lowest BCUT2D eigenvalue weighted by molar-refractivity contribution is -0.140. The number of halogens is 7. The summed E-state index contributed by atoms with van der Waals surface area (Å²) in [4.78, 5) is 2.88. The first kappa shape index (κ1) is 12.3. The minimum Gasteiger partial charge on any atom is -0.251 e. The van der Waals surface area contributed by atoms with E-state index in [0.717, 1.165) is 0 Å². The van der Waals surface area contributed by atoms with E-state index >= 15 is 0 Å². The normalized spacial score (nSPS) is 12.3. The quantitative estimate of drug-likeness (QED) is 0.715. The Morgan fingerprint density at radius 3 is 2.20 bits per heavy atom. The van der Waals surface area contributed by atoms with Gasteiger partial charge in [0.15, 0.2) is 5.82 Å². The highest BCUT2D eigenvalue weighted by Crippen LogP contribution is 2.38. The summed E-state index contributed by atoms with van der Waals surface area (Å²) >= 11 is 2.40. The molecule has 1 nitrogen and oxygen atoms in total. The van der Waals surface area contributed by atoms with Crippen molar-refractivity contribution in [1.29, 1.82) is 0 Å². The lowest BCUT2D eigenvalue weighted by atomic mass is 10.2. The summed E-state index contributed by atoms with van der Waals surface area (Å²) in [7, 11) is 0. The molecule has 0 saturated heterocycles. The molecule has 15 heavy (non-hydrogen) atoms. The maximum absolute atomic E-state index is 13.0. The van der Waals surface area contributed by atoms with E-state index in [-0.39, 0.29) is 0 Å². The standard InChI is InChI=1S/C7H2BrF6N/c8-2-1-15-5(6(10)11)4(9)3(2)7(12,13)14/h1,6H. The van der Waals surface area contributed by atoms with Crippen molar-refractivity contribution in [2.24, 2.45) is 0 Å². The van der Waals surface area contributed by atoms with E-state index in [4.69, 9.17) is 0 Å². The molecule has 0 aliphatic carbocycles. The first-order valence-corrected chi connectivity index (χ1v) is 4.23. The zero-order valence-electron chi connectivity index (χ0n) is 6.75. The molecular weight excluding hydrogens is 292 g/mol. The van der Waals surface area contributed by atoms with Crippen molar-refractivity contribution in [3.63, 3.8) is 0 Å². The van der Waals surface area contributed by atoms with E-state index in [9.17, 15) is 26.3 Å². The summed E-state index contributed by atoms with van der Waals surface area (Å²) in [5.74, 6) is -2.05. The van der Waals surface area contributed by atoms with Crippen molar-refractivity contribution in [1.82, 2.24) is 4.98 Å². The van der Waals surface area contributed by atoms with Gasteiger partial charge >= 0.3 is 6.18 Å². The van der Waals surface area contributed by atoms with Crippen molar-refractivity contribution in [2.75, 3.05) is 0 Å². The van der Waals surface area contributed by atoms with Crippen LogP contribution in [0.4, 0.5) is 26.3 Å². The molecule has 1 aromatic heterocycles. The van der Waals surface area contributed by atoms with Crippen LogP contribution in [0.5, 0.6) is 0 Å². The minimum atomic E-state index is -5.05. The summed E-state index contributed by atoms with van der Waals surface area (Å²) < 4.78 is 73.0. The second-order valence-corrected chi connectivity index (χ2v) is 3.33. The Labute approximate surface area is 88.2 Å². The summed E-state index contributed by atoms with van der Waals surface area (Å²) in [5.41, 5.74) is -3.28. The fourth-order valence-electron chi connectivity index (χ4n) is 0.892. The fourth-order valence-corrected chi connectivity index (χ4v) is 1.39. The van der Waals surface area contributed by atoms with Crippen LogP contribution >= 0.6 is 15.9 Å². The van der Waals surface area contributed by atoms with E-state index in [1.165, 1.54) is 0 Å². The second kappa shape index (κ2) is 3.99. The number of alkyl halides is 5. The van der Waals surface area contributed by atoms with Gasteiger partial charge < -0.3 is 0 Å². The Morgan fingerprint density at radius 2 is 1.80 bits per heavy atom. The zero-order chi connectivity index (χ0) is 11.8.